The third-order valence-corrected chi connectivity index (χ3v) is 8.10. The molecule has 4 rings (SSSR count). The number of anilines is 2. The molecule has 0 fully saturated rings. The molecule has 0 saturated carbocycles. The van der Waals surface area contributed by atoms with Crippen LogP contribution in [0.15, 0.2) is 48.5 Å². The van der Waals surface area contributed by atoms with E-state index in [9.17, 15) is 0 Å². The summed E-state index contributed by atoms with van der Waals surface area (Å²) in [4.78, 5) is 13.8. The zero-order valence-electron chi connectivity index (χ0n) is 26.5. The van der Waals surface area contributed by atoms with Crippen molar-refractivity contribution in [1.29, 1.82) is 0 Å². The van der Waals surface area contributed by atoms with E-state index in [0.29, 0.717) is 5.92 Å². The molecule has 6 nitrogen and oxygen atoms in total. The number of nitrogens with two attached hydrogens (primary N) is 1. The molecule has 43 heavy (non-hydrogen) atoms. The number of imidazole rings is 1. The van der Waals surface area contributed by atoms with Crippen molar-refractivity contribution < 1.29 is 0 Å². The maximum Gasteiger partial charge on any atom is 0.157 e. The fourth-order valence-corrected chi connectivity index (χ4v) is 5.73. The Morgan fingerprint density at radius 3 is 2.26 bits per heavy atom. The first-order valence-electron chi connectivity index (χ1n) is 16.8. The van der Waals surface area contributed by atoms with Crippen molar-refractivity contribution in [3.05, 3.63) is 59.9 Å². The topological polar surface area (TPSA) is 91.7 Å². The molecule has 0 radical (unpaired) electrons. The van der Waals surface area contributed by atoms with Crippen molar-refractivity contribution in [3.8, 4) is 11.8 Å². The molecule has 0 aliphatic rings. The van der Waals surface area contributed by atoms with Crippen LogP contribution in [0.3, 0.4) is 0 Å². The van der Waals surface area contributed by atoms with Gasteiger partial charge < -0.3 is 21.4 Å². The minimum atomic E-state index is 0.441. The van der Waals surface area contributed by atoms with E-state index < -0.39 is 0 Å². The summed E-state index contributed by atoms with van der Waals surface area (Å²) in [5.41, 5.74) is 10.5. The maximum atomic E-state index is 5.53. The SMILES string of the molecule is CCCC(CCC)c1nc2c([nH]1)c(Nc1ccc(C#CCCCCCCCCNCCCCN)cc1)nc1ccccc12. The summed E-state index contributed by atoms with van der Waals surface area (Å²) >= 11 is 0. The van der Waals surface area contributed by atoms with E-state index in [1.165, 1.54) is 44.9 Å². The predicted molar refractivity (Wildman–Crippen MR) is 184 cm³/mol. The van der Waals surface area contributed by atoms with Crippen molar-refractivity contribution in [1.82, 2.24) is 20.3 Å². The first kappa shape index (κ1) is 32.5. The van der Waals surface area contributed by atoms with Crippen LogP contribution in [0.1, 0.15) is 115 Å². The van der Waals surface area contributed by atoms with Gasteiger partial charge in [0.05, 0.1) is 5.52 Å². The van der Waals surface area contributed by atoms with Gasteiger partial charge in [-0.05, 0) is 88.5 Å². The van der Waals surface area contributed by atoms with Crippen molar-refractivity contribution in [2.45, 2.75) is 103 Å². The second-order valence-electron chi connectivity index (χ2n) is 11.7. The molecule has 6 heteroatoms. The number of hydrogen-bond acceptors (Lipinski definition) is 5. The van der Waals surface area contributed by atoms with Crippen LogP contribution in [-0.4, -0.2) is 34.6 Å². The largest absolute Gasteiger partial charge is 0.339 e. The number of unbranched alkanes of at least 4 members (excludes halogenated alkanes) is 7. The van der Waals surface area contributed by atoms with E-state index in [1.807, 2.05) is 6.07 Å². The molecule has 0 spiro atoms. The van der Waals surface area contributed by atoms with E-state index in [-0.39, 0.29) is 0 Å². The molecule has 0 aliphatic carbocycles. The Balaban J connectivity index is 1.28. The highest BCUT2D eigenvalue weighted by Gasteiger charge is 2.18. The van der Waals surface area contributed by atoms with Gasteiger partial charge in [0.1, 0.15) is 16.9 Å². The molecule has 0 amide bonds. The number of para-hydroxylation sites is 1. The van der Waals surface area contributed by atoms with Crippen LogP contribution in [0.5, 0.6) is 0 Å². The lowest BCUT2D eigenvalue weighted by molar-refractivity contribution is 0.539. The summed E-state index contributed by atoms with van der Waals surface area (Å²) in [5, 5.41) is 8.16. The van der Waals surface area contributed by atoms with E-state index in [4.69, 9.17) is 15.7 Å². The smallest absolute Gasteiger partial charge is 0.157 e. The molecule has 4 aromatic rings. The highest BCUT2D eigenvalue weighted by molar-refractivity contribution is 6.07. The molecule has 5 N–H and O–H groups in total. The fourth-order valence-electron chi connectivity index (χ4n) is 5.73. The highest BCUT2D eigenvalue weighted by atomic mass is 15.0. The van der Waals surface area contributed by atoms with E-state index in [2.05, 4.69) is 83.8 Å². The molecule has 0 saturated heterocycles. The number of benzene rings is 2. The second-order valence-corrected chi connectivity index (χ2v) is 11.7. The van der Waals surface area contributed by atoms with Crippen LogP contribution in [0.2, 0.25) is 0 Å². The highest BCUT2D eigenvalue weighted by Crippen LogP contribution is 2.33. The molecule has 2 aromatic heterocycles. The number of aromatic amines is 1. The summed E-state index contributed by atoms with van der Waals surface area (Å²) in [6.07, 6.45) is 15.5. The van der Waals surface area contributed by atoms with Gasteiger partial charge in [-0.2, -0.15) is 0 Å². The minimum Gasteiger partial charge on any atom is -0.339 e. The molecule has 2 heterocycles. The zero-order valence-corrected chi connectivity index (χ0v) is 26.5. The molecule has 0 atom stereocenters. The third-order valence-electron chi connectivity index (χ3n) is 8.10. The van der Waals surface area contributed by atoms with Crippen LogP contribution in [0.25, 0.3) is 21.9 Å². The summed E-state index contributed by atoms with van der Waals surface area (Å²) in [6, 6.07) is 16.6. The van der Waals surface area contributed by atoms with Crippen LogP contribution in [0, 0.1) is 11.8 Å². The minimum absolute atomic E-state index is 0.441. The lowest BCUT2D eigenvalue weighted by Gasteiger charge is -2.11. The van der Waals surface area contributed by atoms with Gasteiger partial charge in [0.15, 0.2) is 5.82 Å². The van der Waals surface area contributed by atoms with Crippen molar-refractivity contribution >= 4 is 33.4 Å². The van der Waals surface area contributed by atoms with Gasteiger partial charge in [0.2, 0.25) is 0 Å². The fraction of sp³-hybridized carbons (Fsp3) is 0.514. The molecular formula is C37H52N6. The Kier molecular flexibility index (Phi) is 13.8. The lowest BCUT2D eigenvalue weighted by Crippen LogP contribution is -2.17. The van der Waals surface area contributed by atoms with Crippen molar-refractivity contribution in [2.24, 2.45) is 5.73 Å². The number of pyridine rings is 1. The summed E-state index contributed by atoms with van der Waals surface area (Å²) in [5.74, 6) is 9.05. The molecule has 2 aromatic carbocycles. The van der Waals surface area contributed by atoms with Crippen LogP contribution >= 0.6 is 0 Å². The van der Waals surface area contributed by atoms with Gasteiger partial charge in [-0.3, -0.25) is 0 Å². The van der Waals surface area contributed by atoms with Gasteiger partial charge >= 0.3 is 0 Å². The number of aromatic nitrogens is 3. The first-order valence-corrected chi connectivity index (χ1v) is 16.8. The number of fused-ring (bicyclic) bond motifs is 3. The molecule has 0 aliphatic heterocycles. The van der Waals surface area contributed by atoms with E-state index >= 15 is 0 Å². The van der Waals surface area contributed by atoms with Gasteiger partial charge in [-0.25, -0.2) is 9.97 Å². The molecule has 230 valence electrons. The van der Waals surface area contributed by atoms with E-state index in [1.54, 1.807) is 0 Å². The Morgan fingerprint density at radius 2 is 1.51 bits per heavy atom. The number of rotatable bonds is 19. The summed E-state index contributed by atoms with van der Waals surface area (Å²) in [7, 11) is 0. The van der Waals surface area contributed by atoms with Crippen molar-refractivity contribution in [3.63, 3.8) is 0 Å². The average molecular weight is 581 g/mol. The zero-order chi connectivity index (χ0) is 30.1. The Bertz CT molecular complexity index is 1420. The third kappa shape index (κ3) is 10.1. The predicted octanol–water partition coefficient (Wildman–Crippen LogP) is 8.95. The van der Waals surface area contributed by atoms with Gasteiger partial charge in [-0.15, -0.1) is 0 Å². The van der Waals surface area contributed by atoms with Gasteiger partial charge in [-0.1, -0.05) is 82.4 Å². The maximum absolute atomic E-state index is 5.53. The number of H-pyrrole nitrogens is 1. The molecule has 0 unspecified atom stereocenters. The van der Waals surface area contributed by atoms with Crippen molar-refractivity contribution in [2.75, 3.05) is 25.0 Å². The summed E-state index contributed by atoms with van der Waals surface area (Å²) in [6.45, 7) is 7.54. The quantitative estimate of drug-likeness (QED) is 0.0656. The van der Waals surface area contributed by atoms with Gasteiger partial charge in [0, 0.05) is 29.0 Å². The standard InChI is InChI=1S/C37H52N6/c1-3-17-30(18-4-2)36-42-34-32-20-12-13-21-33(32)41-37(35(34)43-36)40-31-24-22-29(23-25-31)19-11-9-7-5-6-8-10-15-27-39-28-16-14-26-38/h12-13,20-25,30,39H,3-10,14-18,26-28,38H2,1-2H3,(H,40,41)(H,42,43). The Labute approximate surface area is 259 Å². The molecular weight excluding hydrogens is 528 g/mol. The van der Waals surface area contributed by atoms with E-state index in [0.717, 1.165) is 103 Å². The van der Waals surface area contributed by atoms with Gasteiger partial charge in [0.25, 0.3) is 0 Å². The second kappa shape index (κ2) is 18.3. The Hall–Kier alpha value is -3.40. The molecule has 0 bridgehead atoms. The first-order chi connectivity index (χ1) is 21.2. The van der Waals surface area contributed by atoms with Crippen LogP contribution in [0.4, 0.5) is 11.5 Å². The number of nitrogens with zero attached hydrogens (tertiary/aromatic N) is 2. The van der Waals surface area contributed by atoms with Crippen LogP contribution < -0.4 is 16.4 Å². The van der Waals surface area contributed by atoms with Crippen LogP contribution in [-0.2, 0) is 0 Å². The Morgan fingerprint density at radius 1 is 0.814 bits per heavy atom. The normalized spacial score (nSPS) is 11.3. The number of nitrogens with one attached hydrogen (secondary N) is 3. The number of hydrogen-bond donors (Lipinski definition) is 4. The average Bonchev–Trinajstić information content (AvgIpc) is 3.48. The summed E-state index contributed by atoms with van der Waals surface area (Å²) < 4.78 is 0. The monoisotopic (exact) mass is 580 g/mol. The lowest BCUT2D eigenvalue weighted by atomic mass is 9.98.